The summed E-state index contributed by atoms with van der Waals surface area (Å²) in [6.45, 7) is 1.31. The highest BCUT2D eigenvalue weighted by Crippen LogP contribution is 2.51. The van der Waals surface area contributed by atoms with Gasteiger partial charge in [-0.1, -0.05) is 18.6 Å². The predicted octanol–water partition coefficient (Wildman–Crippen LogP) is 3.18. The van der Waals surface area contributed by atoms with E-state index in [0.29, 0.717) is 5.41 Å². The topological polar surface area (TPSA) is 39.2 Å². The van der Waals surface area contributed by atoms with E-state index in [-0.39, 0.29) is 5.48 Å². The quantitative estimate of drug-likeness (QED) is 0.779. The van der Waals surface area contributed by atoms with E-state index in [9.17, 15) is 0 Å². The zero-order valence-electron chi connectivity index (χ0n) is 12.9. The Labute approximate surface area is 122 Å². The lowest BCUT2D eigenvalue weighted by atomic mass is 9.66. The van der Waals surface area contributed by atoms with E-state index >= 15 is 0 Å². The Morgan fingerprint density at radius 1 is 1.20 bits per heavy atom. The third kappa shape index (κ3) is 2.23. The van der Waals surface area contributed by atoms with Crippen LogP contribution in [0.5, 0.6) is 5.75 Å². The van der Waals surface area contributed by atoms with E-state index in [1.807, 2.05) is 0 Å². The lowest BCUT2D eigenvalue weighted by molar-refractivity contribution is -0.905. The van der Waals surface area contributed by atoms with Crippen molar-refractivity contribution in [3.8, 4) is 5.75 Å². The molecule has 0 amide bonds. The number of hydrogen-bond acceptors (Lipinski definition) is 2. The molecular formula is C17H27NO2. The monoisotopic (exact) mass is 277 g/mol. The van der Waals surface area contributed by atoms with Gasteiger partial charge in [-0.05, 0) is 30.5 Å². The van der Waals surface area contributed by atoms with Crippen LogP contribution in [-0.2, 0) is 5.41 Å². The maximum Gasteiger partial charge on any atom is 0.119 e. The molecule has 2 unspecified atom stereocenters. The molecule has 1 saturated carbocycles. The van der Waals surface area contributed by atoms with Gasteiger partial charge in [-0.2, -0.15) is 0 Å². The minimum Gasteiger partial charge on any atom is -0.870 e. The molecule has 1 aliphatic heterocycles. The average molecular weight is 277 g/mol. The predicted molar refractivity (Wildman–Crippen MR) is 80.5 cm³/mol. The molecule has 2 aliphatic rings. The number of nitrogens with zero attached hydrogens (tertiary/aromatic N) is 1. The first-order valence-electron chi connectivity index (χ1n) is 7.56. The van der Waals surface area contributed by atoms with Crippen molar-refractivity contribution >= 4 is 0 Å². The van der Waals surface area contributed by atoms with Crippen LogP contribution in [0.2, 0.25) is 0 Å². The minimum atomic E-state index is 0. The first-order chi connectivity index (χ1) is 9.08. The second-order valence-electron chi connectivity index (χ2n) is 6.90. The molecule has 1 aromatic rings. The van der Waals surface area contributed by atoms with Crippen molar-refractivity contribution in [1.29, 1.82) is 0 Å². The van der Waals surface area contributed by atoms with Crippen LogP contribution in [0.3, 0.4) is 0 Å². The van der Waals surface area contributed by atoms with Gasteiger partial charge >= 0.3 is 0 Å². The van der Waals surface area contributed by atoms with Crippen LogP contribution in [0.15, 0.2) is 24.3 Å². The minimum absolute atomic E-state index is 0. The van der Waals surface area contributed by atoms with Gasteiger partial charge in [0, 0.05) is 12.8 Å². The van der Waals surface area contributed by atoms with Gasteiger partial charge in [-0.3, -0.25) is 0 Å². The Morgan fingerprint density at radius 3 is 2.75 bits per heavy atom. The van der Waals surface area contributed by atoms with Crippen LogP contribution in [-0.4, -0.2) is 43.8 Å². The van der Waals surface area contributed by atoms with Crippen LogP contribution >= 0.6 is 0 Å². The first-order valence-corrected chi connectivity index (χ1v) is 7.56. The largest absolute Gasteiger partial charge is 0.870 e. The number of hydrogen-bond donors (Lipinski definition) is 0. The van der Waals surface area contributed by atoms with Gasteiger partial charge in [-0.25, -0.2) is 0 Å². The third-order valence-corrected chi connectivity index (χ3v) is 5.61. The number of rotatable bonds is 2. The Hall–Kier alpha value is -1.06. The molecule has 0 bridgehead atoms. The van der Waals surface area contributed by atoms with Crippen molar-refractivity contribution in [3.05, 3.63) is 29.8 Å². The molecule has 3 heteroatoms. The van der Waals surface area contributed by atoms with E-state index in [0.717, 1.165) is 11.8 Å². The van der Waals surface area contributed by atoms with Gasteiger partial charge in [0.2, 0.25) is 0 Å². The van der Waals surface area contributed by atoms with E-state index in [2.05, 4.69) is 38.4 Å². The number of methoxy groups -OCH3 is 1. The molecule has 1 heterocycles. The lowest BCUT2D eigenvalue weighted by Crippen LogP contribution is -2.52. The van der Waals surface area contributed by atoms with Gasteiger partial charge < -0.3 is 14.7 Å². The smallest absolute Gasteiger partial charge is 0.119 e. The Bertz CT molecular complexity index is 472. The SMILES string of the molecule is COc1cccc(C23CCCCC2[N+](C)(C)CC3)c1.[OH-]. The third-order valence-electron chi connectivity index (χ3n) is 5.61. The normalized spacial score (nSPS) is 31.2. The van der Waals surface area contributed by atoms with E-state index in [1.54, 1.807) is 7.11 Å². The lowest BCUT2D eigenvalue weighted by Gasteiger charge is -2.43. The number of quaternary nitrogens is 1. The van der Waals surface area contributed by atoms with Gasteiger partial charge in [0.15, 0.2) is 0 Å². The second kappa shape index (κ2) is 5.38. The first kappa shape index (κ1) is 15.3. The molecule has 3 rings (SSSR count). The van der Waals surface area contributed by atoms with Crippen molar-refractivity contribution in [2.75, 3.05) is 27.7 Å². The summed E-state index contributed by atoms with van der Waals surface area (Å²) in [6.07, 6.45) is 6.85. The molecule has 2 atom stereocenters. The Morgan fingerprint density at radius 2 is 2.00 bits per heavy atom. The molecule has 1 aliphatic carbocycles. The summed E-state index contributed by atoms with van der Waals surface area (Å²) in [4.78, 5) is 0. The van der Waals surface area contributed by atoms with E-state index in [4.69, 9.17) is 4.74 Å². The Balaban J connectivity index is 0.00000147. The highest BCUT2D eigenvalue weighted by atomic mass is 16.5. The molecule has 1 saturated heterocycles. The standard InChI is InChI=1S/C17H26NO.H2O/c1-18(2)12-11-17(10-5-4-9-16(17)18)14-7-6-8-15(13-14)19-3;/h6-8,13,16H,4-5,9-12H2,1-3H3;1H2/q+1;/p-1. The summed E-state index contributed by atoms with van der Waals surface area (Å²) in [5.74, 6) is 1.01. The maximum absolute atomic E-state index is 5.44. The molecule has 2 fully saturated rings. The molecule has 3 nitrogen and oxygen atoms in total. The van der Waals surface area contributed by atoms with Gasteiger partial charge in [0.25, 0.3) is 0 Å². The van der Waals surface area contributed by atoms with Crippen molar-refractivity contribution < 1.29 is 14.7 Å². The maximum atomic E-state index is 5.44. The summed E-state index contributed by atoms with van der Waals surface area (Å²) < 4.78 is 6.63. The fourth-order valence-electron chi connectivity index (χ4n) is 4.59. The van der Waals surface area contributed by atoms with Crippen LogP contribution in [0.4, 0.5) is 0 Å². The van der Waals surface area contributed by atoms with Crippen molar-refractivity contribution in [1.82, 2.24) is 0 Å². The number of ether oxygens (including phenoxy) is 1. The van der Waals surface area contributed by atoms with Crippen molar-refractivity contribution in [2.45, 2.75) is 43.6 Å². The molecule has 0 aromatic heterocycles. The number of fused-ring (bicyclic) bond motifs is 1. The number of likely N-dealkylation sites (tertiary alicyclic amines) is 1. The zero-order valence-corrected chi connectivity index (χ0v) is 12.9. The molecule has 112 valence electrons. The average Bonchev–Trinajstić information content (AvgIpc) is 2.73. The molecule has 20 heavy (non-hydrogen) atoms. The molecule has 0 spiro atoms. The summed E-state index contributed by atoms with van der Waals surface area (Å²) in [5.41, 5.74) is 1.91. The second-order valence-corrected chi connectivity index (χ2v) is 6.90. The molecular weight excluding hydrogens is 250 g/mol. The van der Waals surface area contributed by atoms with Gasteiger partial charge in [0.05, 0.1) is 39.2 Å². The number of benzene rings is 1. The number of likely N-dealkylation sites (N-methyl/N-ethyl adjacent to an activating group) is 1. The highest BCUT2D eigenvalue weighted by molar-refractivity contribution is 5.36. The molecule has 1 N–H and O–H groups in total. The van der Waals surface area contributed by atoms with Crippen LogP contribution in [0, 0.1) is 0 Å². The van der Waals surface area contributed by atoms with Crippen molar-refractivity contribution in [2.24, 2.45) is 0 Å². The highest BCUT2D eigenvalue weighted by Gasteiger charge is 2.55. The summed E-state index contributed by atoms with van der Waals surface area (Å²) in [6, 6.07) is 9.61. The van der Waals surface area contributed by atoms with Gasteiger partial charge in [-0.15, -0.1) is 0 Å². The van der Waals surface area contributed by atoms with E-state index < -0.39 is 0 Å². The van der Waals surface area contributed by atoms with Crippen molar-refractivity contribution in [3.63, 3.8) is 0 Å². The summed E-state index contributed by atoms with van der Waals surface area (Å²) in [5, 5.41) is 0. The van der Waals surface area contributed by atoms with Crippen LogP contribution in [0.1, 0.15) is 37.7 Å². The van der Waals surface area contributed by atoms with Crippen LogP contribution < -0.4 is 4.74 Å². The van der Waals surface area contributed by atoms with Gasteiger partial charge in [0.1, 0.15) is 5.75 Å². The zero-order chi connectivity index (χ0) is 13.5. The fraction of sp³-hybridized carbons (Fsp3) is 0.647. The summed E-state index contributed by atoms with van der Waals surface area (Å²) in [7, 11) is 6.60. The molecule has 1 aromatic carbocycles. The Kier molecular flexibility index (Phi) is 4.12. The van der Waals surface area contributed by atoms with Crippen LogP contribution in [0.25, 0.3) is 0 Å². The summed E-state index contributed by atoms with van der Waals surface area (Å²) >= 11 is 0. The fourth-order valence-corrected chi connectivity index (χ4v) is 4.59. The molecule has 0 radical (unpaired) electrons. The van der Waals surface area contributed by atoms with E-state index in [1.165, 1.54) is 48.7 Å².